The maximum Gasteiger partial charge on any atom is 0.252 e. The Balaban J connectivity index is 2.23. The van der Waals surface area contributed by atoms with Gasteiger partial charge in [-0.1, -0.05) is 18.7 Å². The highest BCUT2D eigenvalue weighted by molar-refractivity contribution is 7.99. The quantitative estimate of drug-likeness (QED) is 0.812. The number of H-pyrrole nitrogens is 1. The van der Waals surface area contributed by atoms with Crippen molar-refractivity contribution < 1.29 is 4.79 Å². The highest BCUT2D eigenvalue weighted by Crippen LogP contribution is 2.19. The molecule has 0 aliphatic heterocycles. The summed E-state index contributed by atoms with van der Waals surface area (Å²) in [7, 11) is 0. The third-order valence-electron chi connectivity index (χ3n) is 3.54. The fraction of sp³-hybridized carbons (Fsp3) is 0.600. The Kier molecular flexibility index (Phi) is 5.46. The lowest BCUT2D eigenvalue weighted by molar-refractivity contribution is -0.131. The van der Waals surface area contributed by atoms with Crippen LogP contribution in [0, 0.1) is 0 Å². The molecule has 7 nitrogen and oxygen atoms in total. The van der Waals surface area contributed by atoms with Crippen LogP contribution in [0.1, 0.15) is 40.3 Å². The molecule has 0 fully saturated rings. The summed E-state index contributed by atoms with van der Waals surface area (Å²) in [6.07, 6.45) is 0.685. The first-order valence-electron chi connectivity index (χ1n) is 7.76. The molecule has 0 unspecified atom stereocenters. The zero-order valence-corrected chi connectivity index (χ0v) is 15.0. The Hall–Kier alpha value is -1.83. The van der Waals surface area contributed by atoms with E-state index < -0.39 is 0 Å². The first-order chi connectivity index (χ1) is 10.8. The number of fused-ring (bicyclic) bond motifs is 1. The minimum atomic E-state index is -0.194. The number of amides is 1. The number of carbonyl (C=O) groups excluding carboxylic acids is 1. The van der Waals surface area contributed by atoms with Gasteiger partial charge in [-0.05, 0) is 34.1 Å². The van der Waals surface area contributed by atoms with Crippen molar-refractivity contribution in [1.82, 2.24) is 24.5 Å². The van der Waals surface area contributed by atoms with Crippen LogP contribution in [0.15, 0.2) is 16.0 Å². The van der Waals surface area contributed by atoms with Crippen molar-refractivity contribution in [2.75, 3.05) is 5.75 Å². The van der Waals surface area contributed by atoms with E-state index in [4.69, 9.17) is 0 Å². The second-order valence-corrected chi connectivity index (χ2v) is 6.84. The Morgan fingerprint density at radius 3 is 2.52 bits per heavy atom. The Morgan fingerprint density at radius 1 is 1.30 bits per heavy atom. The van der Waals surface area contributed by atoms with Crippen molar-refractivity contribution in [2.24, 2.45) is 0 Å². The van der Waals surface area contributed by atoms with E-state index in [-0.39, 0.29) is 23.6 Å². The van der Waals surface area contributed by atoms with Gasteiger partial charge in [0.25, 0.3) is 5.56 Å². The number of hydrogen-bond donors (Lipinski definition) is 1. The van der Waals surface area contributed by atoms with E-state index in [0.717, 1.165) is 5.69 Å². The number of rotatable bonds is 6. The Bertz CT molecular complexity index is 742. The molecule has 1 N–H and O–H groups in total. The van der Waals surface area contributed by atoms with Crippen LogP contribution in [0.3, 0.4) is 0 Å². The van der Waals surface area contributed by atoms with Gasteiger partial charge in [0.2, 0.25) is 11.7 Å². The van der Waals surface area contributed by atoms with Crippen LogP contribution in [0.2, 0.25) is 0 Å². The molecule has 0 saturated carbocycles. The molecule has 23 heavy (non-hydrogen) atoms. The Labute approximate surface area is 139 Å². The molecule has 126 valence electrons. The van der Waals surface area contributed by atoms with Gasteiger partial charge in [-0.25, -0.2) is 0 Å². The van der Waals surface area contributed by atoms with E-state index in [1.165, 1.54) is 17.8 Å². The van der Waals surface area contributed by atoms with Gasteiger partial charge >= 0.3 is 0 Å². The lowest BCUT2D eigenvalue weighted by atomic mass is 10.2. The van der Waals surface area contributed by atoms with Gasteiger partial charge in [0.15, 0.2) is 5.16 Å². The van der Waals surface area contributed by atoms with Gasteiger partial charge in [0.1, 0.15) is 0 Å². The van der Waals surface area contributed by atoms with E-state index >= 15 is 0 Å². The molecule has 0 spiro atoms. The molecule has 2 rings (SSSR count). The van der Waals surface area contributed by atoms with Crippen LogP contribution in [0.4, 0.5) is 0 Å². The van der Waals surface area contributed by atoms with Crippen molar-refractivity contribution in [3.63, 3.8) is 0 Å². The summed E-state index contributed by atoms with van der Waals surface area (Å²) in [5.41, 5.74) is 0.633. The predicted octanol–water partition coefficient (Wildman–Crippen LogP) is 1.72. The third-order valence-corrected chi connectivity index (χ3v) is 4.45. The maximum absolute atomic E-state index is 12.5. The molecule has 8 heteroatoms. The van der Waals surface area contributed by atoms with E-state index in [9.17, 15) is 9.59 Å². The molecule has 2 heterocycles. The molecule has 0 saturated heterocycles. The lowest BCUT2D eigenvalue weighted by Crippen LogP contribution is -2.43. The number of hydrogen-bond acceptors (Lipinski definition) is 5. The normalized spacial score (nSPS) is 11.6. The number of carbonyl (C=O) groups is 1. The van der Waals surface area contributed by atoms with Gasteiger partial charge in [0.05, 0.1) is 5.75 Å². The minimum Gasteiger partial charge on any atom is -0.337 e. The van der Waals surface area contributed by atoms with E-state index in [1.807, 2.05) is 39.5 Å². The average molecular weight is 337 g/mol. The van der Waals surface area contributed by atoms with Crippen molar-refractivity contribution in [3.8, 4) is 0 Å². The van der Waals surface area contributed by atoms with E-state index in [0.29, 0.717) is 23.1 Å². The third kappa shape index (κ3) is 3.74. The molecule has 2 aromatic rings. The second-order valence-electron chi connectivity index (χ2n) is 5.90. The van der Waals surface area contributed by atoms with Crippen molar-refractivity contribution in [3.05, 3.63) is 22.1 Å². The highest BCUT2D eigenvalue weighted by atomic mass is 32.2. The fourth-order valence-corrected chi connectivity index (χ4v) is 3.53. The summed E-state index contributed by atoms with van der Waals surface area (Å²) in [6, 6.07) is 1.85. The molecule has 0 bridgehead atoms. The summed E-state index contributed by atoms with van der Waals surface area (Å²) in [5, 5.41) is 8.71. The summed E-state index contributed by atoms with van der Waals surface area (Å²) < 4.78 is 1.80. The van der Waals surface area contributed by atoms with Crippen LogP contribution >= 0.6 is 11.8 Å². The molecular formula is C15H23N5O2S. The zero-order valence-electron chi connectivity index (χ0n) is 14.2. The predicted molar refractivity (Wildman–Crippen MR) is 90.8 cm³/mol. The topological polar surface area (TPSA) is 83.4 Å². The molecule has 0 aliphatic rings. The molecule has 0 aromatic carbocycles. The first kappa shape index (κ1) is 17.5. The van der Waals surface area contributed by atoms with Crippen LogP contribution in [0.5, 0.6) is 0 Å². The molecule has 0 aliphatic carbocycles. The largest absolute Gasteiger partial charge is 0.337 e. The van der Waals surface area contributed by atoms with Crippen molar-refractivity contribution >= 4 is 23.4 Å². The monoisotopic (exact) mass is 337 g/mol. The highest BCUT2D eigenvalue weighted by Gasteiger charge is 2.21. The van der Waals surface area contributed by atoms with E-state index in [1.54, 1.807) is 4.40 Å². The number of thioether (sulfide) groups is 1. The zero-order chi connectivity index (χ0) is 17.1. The van der Waals surface area contributed by atoms with Crippen LogP contribution < -0.4 is 5.56 Å². The van der Waals surface area contributed by atoms with E-state index in [2.05, 4.69) is 15.2 Å². The van der Waals surface area contributed by atoms with Gasteiger partial charge in [-0.3, -0.25) is 19.0 Å². The summed E-state index contributed by atoms with van der Waals surface area (Å²) in [4.78, 5) is 28.5. The SMILES string of the molecule is CCc1cc(=O)[nH]c2nnc(SCC(=O)N(C(C)C)C(C)C)n12. The fourth-order valence-electron chi connectivity index (χ4n) is 2.70. The van der Waals surface area contributed by atoms with Gasteiger partial charge in [-0.15, -0.1) is 10.2 Å². The maximum atomic E-state index is 12.5. The standard InChI is InChI=1S/C15H23N5O2S/c1-6-11-7-12(21)16-14-17-18-15(20(11)14)23-8-13(22)19(9(2)3)10(4)5/h7,9-10H,6,8H2,1-5H3,(H,16,17,21). The second kappa shape index (κ2) is 7.16. The van der Waals surface area contributed by atoms with Crippen LogP contribution in [-0.4, -0.2) is 48.2 Å². The lowest BCUT2D eigenvalue weighted by Gasteiger charge is -2.30. The van der Waals surface area contributed by atoms with Crippen molar-refractivity contribution in [1.29, 1.82) is 0 Å². The van der Waals surface area contributed by atoms with Gasteiger partial charge < -0.3 is 4.90 Å². The first-order valence-corrected chi connectivity index (χ1v) is 8.75. The van der Waals surface area contributed by atoms with Gasteiger partial charge in [-0.2, -0.15) is 0 Å². The molecule has 1 amide bonds. The molecule has 2 aromatic heterocycles. The average Bonchev–Trinajstić information content (AvgIpc) is 2.86. The Morgan fingerprint density at radius 2 is 1.96 bits per heavy atom. The minimum absolute atomic E-state index is 0.0687. The molecule has 0 radical (unpaired) electrons. The molecular weight excluding hydrogens is 314 g/mol. The number of aryl methyl sites for hydroxylation is 1. The smallest absolute Gasteiger partial charge is 0.252 e. The number of aromatic amines is 1. The number of nitrogens with zero attached hydrogens (tertiary/aromatic N) is 4. The molecule has 0 atom stereocenters. The van der Waals surface area contributed by atoms with Crippen LogP contribution in [0.25, 0.3) is 5.78 Å². The summed E-state index contributed by atoms with van der Waals surface area (Å²) in [5.74, 6) is 0.771. The van der Waals surface area contributed by atoms with Crippen LogP contribution in [-0.2, 0) is 11.2 Å². The van der Waals surface area contributed by atoms with Gasteiger partial charge in [0, 0.05) is 23.8 Å². The number of aromatic nitrogens is 4. The summed E-state index contributed by atoms with van der Waals surface area (Å²) >= 11 is 1.34. The summed E-state index contributed by atoms with van der Waals surface area (Å²) in [6.45, 7) is 10.0. The number of nitrogens with one attached hydrogen (secondary N) is 1. The van der Waals surface area contributed by atoms with Crippen molar-refractivity contribution in [2.45, 2.75) is 58.3 Å².